The molecule has 2 N–H and O–H groups in total. The van der Waals surface area contributed by atoms with Crippen molar-refractivity contribution in [1.82, 2.24) is 0 Å². The lowest BCUT2D eigenvalue weighted by molar-refractivity contribution is 0.288. The molecule has 82 valence electrons. The highest BCUT2D eigenvalue weighted by Gasteiger charge is 2.10. The molecule has 1 aliphatic heterocycles. The van der Waals surface area contributed by atoms with E-state index in [1.54, 1.807) is 0 Å². The van der Waals surface area contributed by atoms with Crippen LogP contribution in [0.25, 0.3) is 0 Å². The number of aliphatic hydroxyl groups excluding tert-OH is 1. The van der Waals surface area contributed by atoms with Crippen LogP contribution in [0, 0.1) is 0 Å². The molecule has 1 aromatic carbocycles. The lowest BCUT2D eigenvalue weighted by Gasteiger charge is -2.12. The largest absolute Gasteiger partial charge is 0.396 e. The summed E-state index contributed by atoms with van der Waals surface area (Å²) in [6.45, 7) is 1.38. The third kappa shape index (κ3) is 2.51. The zero-order valence-electron chi connectivity index (χ0n) is 9.13. The number of fused-ring (bicyclic) bond motifs is 1. The fourth-order valence-electron chi connectivity index (χ4n) is 2.25. The number of rotatable bonds is 3. The van der Waals surface area contributed by atoms with Gasteiger partial charge in [0.2, 0.25) is 0 Å². The van der Waals surface area contributed by atoms with E-state index in [0.717, 1.165) is 19.4 Å². The van der Waals surface area contributed by atoms with Crippen LogP contribution in [0.2, 0.25) is 0 Å². The smallest absolute Gasteiger partial charge is 0.0434 e. The molecule has 2 rings (SSSR count). The molecule has 0 saturated carbocycles. The van der Waals surface area contributed by atoms with Gasteiger partial charge in [-0.1, -0.05) is 12.1 Å². The molecule has 2 heteroatoms. The van der Waals surface area contributed by atoms with E-state index in [9.17, 15) is 0 Å². The average molecular weight is 205 g/mol. The summed E-state index contributed by atoms with van der Waals surface area (Å²) in [5.74, 6) is 0. The van der Waals surface area contributed by atoms with Crippen LogP contribution in [0.3, 0.4) is 0 Å². The zero-order valence-corrected chi connectivity index (χ0v) is 9.13. The van der Waals surface area contributed by atoms with Crippen molar-refractivity contribution in [1.29, 1.82) is 0 Å². The first-order chi connectivity index (χ1) is 7.42. The molecule has 0 radical (unpaired) electrons. The Labute approximate surface area is 91.3 Å². The fourth-order valence-corrected chi connectivity index (χ4v) is 2.25. The summed E-state index contributed by atoms with van der Waals surface area (Å²) >= 11 is 0. The molecule has 0 saturated heterocycles. The van der Waals surface area contributed by atoms with E-state index in [2.05, 4.69) is 23.5 Å². The van der Waals surface area contributed by atoms with Crippen LogP contribution in [0.1, 0.15) is 30.4 Å². The maximum absolute atomic E-state index is 8.87. The van der Waals surface area contributed by atoms with E-state index in [-0.39, 0.29) is 6.61 Å². The first-order valence-corrected chi connectivity index (χ1v) is 5.87. The maximum Gasteiger partial charge on any atom is 0.0434 e. The van der Waals surface area contributed by atoms with E-state index in [4.69, 9.17) is 5.11 Å². The molecule has 1 aromatic rings. The molecule has 1 aliphatic rings. The van der Waals surface area contributed by atoms with E-state index in [1.807, 2.05) is 0 Å². The van der Waals surface area contributed by atoms with Gasteiger partial charge >= 0.3 is 0 Å². The summed E-state index contributed by atoms with van der Waals surface area (Å²) in [6.07, 6.45) is 5.59. The van der Waals surface area contributed by atoms with E-state index >= 15 is 0 Å². The van der Waals surface area contributed by atoms with Crippen molar-refractivity contribution in [3.8, 4) is 0 Å². The van der Waals surface area contributed by atoms with Crippen LogP contribution < -0.4 is 5.32 Å². The molecular formula is C13H19NO. The Kier molecular flexibility index (Phi) is 3.62. The second-order valence-corrected chi connectivity index (χ2v) is 4.15. The Bertz CT molecular complexity index is 322. The Hall–Kier alpha value is -1.02. The third-order valence-corrected chi connectivity index (χ3v) is 3.05. The number of benzene rings is 1. The topological polar surface area (TPSA) is 32.3 Å². The van der Waals surface area contributed by atoms with Crippen LogP contribution in [0.5, 0.6) is 0 Å². The van der Waals surface area contributed by atoms with Crippen molar-refractivity contribution in [3.05, 3.63) is 29.3 Å². The van der Waals surface area contributed by atoms with Gasteiger partial charge in [-0.25, -0.2) is 0 Å². The SMILES string of the molecule is OCCCc1cccc2c1CCCCN2. The highest BCUT2D eigenvalue weighted by atomic mass is 16.2. The van der Waals surface area contributed by atoms with Gasteiger partial charge in [-0.3, -0.25) is 0 Å². The van der Waals surface area contributed by atoms with Gasteiger partial charge in [0.25, 0.3) is 0 Å². The minimum absolute atomic E-state index is 0.289. The molecule has 1 heterocycles. The second kappa shape index (κ2) is 5.17. The van der Waals surface area contributed by atoms with Gasteiger partial charge in [0, 0.05) is 18.8 Å². The summed E-state index contributed by atoms with van der Waals surface area (Å²) in [5, 5.41) is 12.4. The zero-order chi connectivity index (χ0) is 10.5. The molecule has 2 nitrogen and oxygen atoms in total. The van der Waals surface area contributed by atoms with E-state index in [0.29, 0.717) is 0 Å². The lowest BCUT2D eigenvalue weighted by atomic mass is 9.98. The Morgan fingerprint density at radius 3 is 3.07 bits per heavy atom. The Morgan fingerprint density at radius 2 is 2.20 bits per heavy atom. The van der Waals surface area contributed by atoms with Gasteiger partial charge < -0.3 is 10.4 Å². The minimum atomic E-state index is 0.289. The molecule has 0 bridgehead atoms. The number of hydrogen-bond donors (Lipinski definition) is 2. The van der Waals surface area contributed by atoms with E-state index < -0.39 is 0 Å². The maximum atomic E-state index is 8.87. The molecule has 0 aromatic heterocycles. The van der Waals surface area contributed by atoms with Crippen molar-refractivity contribution in [2.45, 2.75) is 32.1 Å². The highest BCUT2D eigenvalue weighted by molar-refractivity contribution is 5.55. The van der Waals surface area contributed by atoms with Gasteiger partial charge in [-0.05, 0) is 49.3 Å². The summed E-state index contributed by atoms with van der Waals surface area (Å²) in [5.41, 5.74) is 4.20. The van der Waals surface area contributed by atoms with Gasteiger partial charge in [-0.2, -0.15) is 0 Å². The molecule has 0 unspecified atom stereocenters. The number of aliphatic hydroxyl groups is 1. The molecule has 0 fully saturated rings. The van der Waals surface area contributed by atoms with Crippen molar-refractivity contribution in [3.63, 3.8) is 0 Å². The summed E-state index contributed by atoms with van der Waals surface area (Å²) in [7, 11) is 0. The Balaban J connectivity index is 2.22. The number of aryl methyl sites for hydroxylation is 1. The Morgan fingerprint density at radius 1 is 1.27 bits per heavy atom. The van der Waals surface area contributed by atoms with Gasteiger partial charge in [0.05, 0.1) is 0 Å². The predicted octanol–water partition coefficient (Wildman–Crippen LogP) is 2.36. The standard InChI is InChI=1S/C13H19NO/c15-10-4-6-11-5-3-8-13-12(11)7-1-2-9-14-13/h3,5,8,14-15H,1-2,4,6-7,9-10H2. The average Bonchev–Trinajstić information content (AvgIpc) is 2.51. The quantitative estimate of drug-likeness (QED) is 0.794. The van der Waals surface area contributed by atoms with Crippen LogP contribution in [-0.2, 0) is 12.8 Å². The van der Waals surface area contributed by atoms with Crippen molar-refractivity contribution in [2.24, 2.45) is 0 Å². The van der Waals surface area contributed by atoms with Crippen LogP contribution in [0.4, 0.5) is 5.69 Å². The lowest BCUT2D eigenvalue weighted by Crippen LogP contribution is -2.02. The van der Waals surface area contributed by atoms with Crippen LogP contribution >= 0.6 is 0 Å². The summed E-state index contributed by atoms with van der Waals surface area (Å²) in [6, 6.07) is 6.48. The van der Waals surface area contributed by atoms with Crippen LogP contribution in [0.15, 0.2) is 18.2 Å². The van der Waals surface area contributed by atoms with Crippen molar-refractivity contribution < 1.29 is 5.11 Å². The monoisotopic (exact) mass is 205 g/mol. The van der Waals surface area contributed by atoms with Crippen molar-refractivity contribution >= 4 is 5.69 Å². The van der Waals surface area contributed by atoms with Crippen molar-refractivity contribution in [2.75, 3.05) is 18.5 Å². The molecule has 15 heavy (non-hydrogen) atoms. The molecule has 0 aliphatic carbocycles. The normalized spacial score (nSPS) is 15.3. The molecule has 0 amide bonds. The molecule has 0 spiro atoms. The highest BCUT2D eigenvalue weighted by Crippen LogP contribution is 2.25. The summed E-state index contributed by atoms with van der Waals surface area (Å²) in [4.78, 5) is 0. The van der Waals surface area contributed by atoms with Gasteiger partial charge in [-0.15, -0.1) is 0 Å². The fraction of sp³-hybridized carbons (Fsp3) is 0.538. The predicted molar refractivity (Wildman–Crippen MR) is 63.3 cm³/mol. The first kappa shape index (κ1) is 10.5. The van der Waals surface area contributed by atoms with Gasteiger partial charge in [0.1, 0.15) is 0 Å². The molecule has 0 atom stereocenters. The van der Waals surface area contributed by atoms with Crippen LogP contribution in [-0.4, -0.2) is 18.3 Å². The number of nitrogens with one attached hydrogen (secondary N) is 1. The number of hydrogen-bond acceptors (Lipinski definition) is 2. The first-order valence-electron chi connectivity index (χ1n) is 5.87. The third-order valence-electron chi connectivity index (χ3n) is 3.05. The summed E-state index contributed by atoms with van der Waals surface area (Å²) < 4.78 is 0. The second-order valence-electron chi connectivity index (χ2n) is 4.15. The minimum Gasteiger partial charge on any atom is -0.396 e. The van der Waals surface area contributed by atoms with Gasteiger partial charge in [0.15, 0.2) is 0 Å². The van der Waals surface area contributed by atoms with E-state index in [1.165, 1.54) is 36.1 Å². The molecular weight excluding hydrogens is 186 g/mol. The number of anilines is 1.